The van der Waals surface area contributed by atoms with E-state index in [1.54, 1.807) is 4.90 Å². The highest BCUT2D eigenvalue weighted by atomic mass is 16.3. The molecule has 132 valence electrons. The van der Waals surface area contributed by atoms with Crippen LogP contribution in [0.4, 0.5) is 5.69 Å². The van der Waals surface area contributed by atoms with Crippen molar-refractivity contribution in [1.29, 1.82) is 0 Å². The molecule has 1 aliphatic rings. The number of hydrogen-bond donors (Lipinski definition) is 2. The molecule has 5 nitrogen and oxygen atoms in total. The van der Waals surface area contributed by atoms with Crippen molar-refractivity contribution in [2.75, 3.05) is 25.0 Å². The zero-order chi connectivity index (χ0) is 17.7. The van der Waals surface area contributed by atoms with Gasteiger partial charge in [0.2, 0.25) is 0 Å². The fourth-order valence-corrected chi connectivity index (χ4v) is 3.24. The van der Waals surface area contributed by atoms with Gasteiger partial charge in [0, 0.05) is 25.4 Å². The highest BCUT2D eigenvalue weighted by Crippen LogP contribution is 2.34. The topological polar surface area (TPSA) is 69.6 Å². The summed E-state index contributed by atoms with van der Waals surface area (Å²) >= 11 is 0. The van der Waals surface area contributed by atoms with Gasteiger partial charge in [0.15, 0.2) is 0 Å². The highest BCUT2D eigenvalue weighted by Gasteiger charge is 2.35. The molecule has 0 atom stereocenters. The van der Waals surface area contributed by atoms with E-state index in [2.05, 4.69) is 26.1 Å². The van der Waals surface area contributed by atoms with Gasteiger partial charge in [-0.1, -0.05) is 39.0 Å². The zero-order valence-electron chi connectivity index (χ0n) is 14.8. The van der Waals surface area contributed by atoms with Gasteiger partial charge >= 0.3 is 11.8 Å². The molecular weight excluding hydrogens is 304 g/mol. The Morgan fingerprint density at radius 1 is 1.25 bits per heavy atom. The number of benzene rings is 1. The maximum Gasteiger partial charge on any atom is 0.313 e. The Labute approximate surface area is 144 Å². The first-order chi connectivity index (χ1) is 11.4. The minimum absolute atomic E-state index is 0.0997. The largest absolute Gasteiger partial charge is 0.396 e. The van der Waals surface area contributed by atoms with Crippen LogP contribution in [0.3, 0.4) is 0 Å². The second kappa shape index (κ2) is 7.79. The molecule has 24 heavy (non-hydrogen) atoms. The Bertz CT molecular complexity index is 584. The van der Waals surface area contributed by atoms with Crippen LogP contribution in [0.1, 0.15) is 51.5 Å². The standard InChI is InChI=1S/C19H28N2O3/c1-4-19(13-22)9-11-21(12-10-19)18(24)17(23)20-16-8-6-5-7-15(16)14(2)3/h5-8,14,22H,4,9-13H2,1-3H3,(H,20,23). The summed E-state index contributed by atoms with van der Waals surface area (Å²) in [5.74, 6) is -0.811. The Morgan fingerprint density at radius 3 is 2.42 bits per heavy atom. The monoisotopic (exact) mass is 332 g/mol. The van der Waals surface area contributed by atoms with Crippen LogP contribution in [0.15, 0.2) is 24.3 Å². The van der Waals surface area contributed by atoms with Crippen molar-refractivity contribution < 1.29 is 14.7 Å². The molecule has 0 bridgehead atoms. The number of piperidine rings is 1. The number of anilines is 1. The molecule has 1 fully saturated rings. The lowest BCUT2D eigenvalue weighted by Crippen LogP contribution is -2.48. The Morgan fingerprint density at radius 2 is 1.88 bits per heavy atom. The third kappa shape index (κ3) is 3.96. The molecule has 5 heteroatoms. The number of carbonyl (C=O) groups excluding carboxylic acids is 2. The molecule has 0 unspecified atom stereocenters. The van der Waals surface area contributed by atoms with Crippen molar-refractivity contribution in [3.63, 3.8) is 0 Å². The van der Waals surface area contributed by atoms with Crippen LogP contribution in [-0.4, -0.2) is 41.5 Å². The fourth-order valence-electron chi connectivity index (χ4n) is 3.24. The lowest BCUT2D eigenvalue weighted by molar-refractivity contribution is -0.145. The quantitative estimate of drug-likeness (QED) is 0.833. The predicted octanol–water partition coefficient (Wildman–Crippen LogP) is 2.76. The van der Waals surface area contributed by atoms with Crippen molar-refractivity contribution in [3.05, 3.63) is 29.8 Å². The van der Waals surface area contributed by atoms with Crippen LogP contribution in [0.5, 0.6) is 0 Å². The number of aliphatic hydroxyl groups excluding tert-OH is 1. The molecular formula is C19H28N2O3. The Hall–Kier alpha value is -1.88. The maximum absolute atomic E-state index is 12.4. The second-order valence-electron chi connectivity index (χ2n) is 7.00. The van der Waals surface area contributed by atoms with Gasteiger partial charge in [-0.15, -0.1) is 0 Å². The summed E-state index contributed by atoms with van der Waals surface area (Å²) in [5.41, 5.74) is 1.61. The third-order valence-corrected chi connectivity index (χ3v) is 5.22. The lowest BCUT2D eigenvalue weighted by Gasteiger charge is -2.39. The minimum atomic E-state index is -0.587. The predicted molar refractivity (Wildman–Crippen MR) is 94.8 cm³/mol. The van der Waals surface area contributed by atoms with Gasteiger partial charge in [0.05, 0.1) is 0 Å². The molecule has 2 amide bonds. The van der Waals surface area contributed by atoms with Crippen molar-refractivity contribution in [2.24, 2.45) is 5.41 Å². The number of aliphatic hydroxyl groups is 1. The summed E-state index contributed by atoms with van der Waals surface area (Å²) in [4.78, 5) is 26.4. The number of para-hydroxylation sites is 1. The van der Waals surface area contributed by atoms with E-state index in [0.29, 0.717) is 18.8 Å². The molecule has 1 saturated heterocycles. The van der Waals surface area contributed by atoms with Gasteiger partial charge in [-0.05, 0) is 42.2 Å². The smallest absolute Gasteiger partial charge is 0.313 e. The number of hydrogen-bond acceptors (Lipinski definition) is 3. The molecule has 1 aromatic rings. The fraction of sp³-hybridized carbons (Fsp3) is 0.579. The average molecular weight is 332 g/mol. The van der Waals surface area contributed by atoms with Gasteiger partial charge in [-0.2, -0.15) is 0 Å². The van der Waals surface area contributed by atoms with E-state index in [1.165, 1.54) is 0 Å². The summed E-state index contributed by atoms with van der Waals surface area (Å²) < 4.78 is 0. The summed E-state index contributed by atoms with van der Waals surface area (Å²) in [6.07, 6.45) is 2.36. The van der Waals surface area contributed by atoms with E-state index in [-0.39, 0.29) is 17.9 Å². The van der Waals surface area contributed by atoms with Crippen LogP contribution >= 0.6 is 0 Å². The van der Waals surface area contributed by atoms with Crippen molar-refractivity contribution in [1.82, 2.24) is 4.90 Å². The van der Waals surface area contributed by atoms with E-state index in [1.807, 2.05) is 24.3 Å². The SMILES string of the molecule is CCC1(CO)CCN(C(=O)C(=O)Nc2ccccc2C(C)C)CC1. The summed E-state index contributed by atoms with van der Waals surface area (Å²) in [7, 11) is 0. The lowest BCUT2D eigenvalue weighted by atomic mass is 9.77. The van der Waals surface area contributed by atoms with Gasteiger partial charge < -0.3 is 15.3 Å². The van der Waals surface area contributed by atoms with Crippen LogP contribution in [0, 0.1) is 5.41 Å². The van der Waals surface area contributed by atoms with Crippen molar-refractivity contribution in [3.8, 4) is 0 Å². The molecule has 0 aliphatic carbocycles. The van der Waals surface area contributed by atoms with Gasteiger partial charge in [0.1, 0.15) is 0 Å². The van der Waals surface area contributed by atoms with Gasteiger partial charge in [0.25, 0.3) is 0 Å². The van der Waals surface area contributed by atoms with E-state index in [4.69, 9.17) is 0 Å². The minimum Gasteiger partial charge on any atom is -0.396 e. The normalized spacial score (nSPS) is 17.0. The van der Waals surface area contributed by atoms with Gasteiger partial charge in [-0.25, -0.2) is 0 Å². The first-order valence-corrected chi connectivity index (χ1v) is 8.72. The third-order valence-electron chi connectivity index (χ3n) is 5.22. The van der Waals surface area contributed by atoms with E-state index in [9.17, 15) is 14.7 Å². The highest BCUT2D eigenvalue weighted by molar-refractivity contribution is 6.39. The Kier molecular flexibility index (Phi) is 5.99. The average Bonchev–Trinajstić information content (AvgIpc) is 2.61. The molecule has 1 aromatic carbocycles. The van der Waals surface area contributed by atoms with E-state index in [0.717, 1.165) is 24.8 Å². The first kappa shape index (κ1) is 18.5. The van der Waals surface area contributed by atoms with E-state index >= 15 is 0 Å². The molecule has 1 aliphatic heterocycles. The molecule has 0 saturated carbocycles. The van der Waals surface area contributed by atoms with Crippen LogP contribution in [0.25, 0.3) is 0 Å². The zero-order valence-corrected chi connectivity index (χ0v) is 14.8. The number of amides is 2. The summed E-state index contributed by atoms with van der Waals surface area (Å²) in [6.45, 7) is 7.34. The maximum atomic E-state index is 12.4. The van der Waals surface area contributed by atoms with Gasteiger partial charge in [-0.3, -0.25) is 9.59 Å². The molecule has 1 heterocycles. The number of nitrogens with one attached hydrogen (secondary N) is 1. The van der Waals surface area contributed by atoms with Crippen LogP contribution in [0.2, 0.25) is 0 Å². The number of nitrogens with zero attached hydrogens (tertiary/aromatic N) is 1. The summed E-state index contributed by atoms with van der Waals surface area (Å²) in [6, 6.07) is 7.56. The van der Waals surface area contributed by atoms with Crippen LogP contribution in [-0.2, 0) is 9.59 Å². The van der Waals surface area contributed by atoms with Crippen molar-refractivity contribution in [2.45, 2.75) is 46.0 Å². The molecule has 0 radical (unpaired) electrons. The summed E-state index contributed by atoms with van der Waals surface area (Å²) in [5, 5.41) is 12.3. The number of carbonyl (C=O) groups is 2. The molecule has 2 rings (SSSR count). The number of rotatable bonds is 4. The van der Waals surface area contributed by atoms with Crippen LogP contribution < -0.4 is 5.32 Å². The Balaban J connectivity index is 2.00. The second-order valence-corrected chi connectivity index (χ2v) is 7.00. The molecule has 2 N–H and O–H groups in total. The van der Waals surface area contributed by atoms with Crippen molar-refractivity contribution >= 4 is 17.5 Å². The number of likely N-dealkylation sites (tertiary alicyclic amines) is 1. The first-order valence-electron chi connectivity index (χ1n) is 8.72. The molecule has 0 aromatic heterocycles. The molecule has 0 spiro atoms. The van der Waals surface area contributed by atoms with E-state index < -0.39 is 11.8 Å².